The zero-order valence-corrected chi connectivity index (χ0v) is 42.9. The van der Waals surface area contributed by atoms with Crippen LogP contribution in [-0.4, -0.2) is 77.3 Å². The fourth-order valence-electron chi connectivity index (χ4n) is 8.87. The quantitative estimate of drug-likeness (QED) is 0.0377. The lowest BCUT2D eigenvalue weighted by molar-refractivity contribution is 0.259. The summed E-state index contributed by atoms with van der Waals surface area (Å²) in [6, 6.07) is 20.1. The Labute approximate surface area is 424 Å². The molecule has 8 nitrogen and oxygen atoms in total. The highest BCUT2D eigenvalue weighted by Gasteiger charge is 2.32. The summed E-state index contributed by atoms with van der Waals surface area (Å²) in [7, 11) is 0. The maximum Gasteiger partial charge on any atom is 0.126 e. The molecule has 376 valence electrons. The molecule has 0 aliphatic carbocycles. The Kier molecular flexibility index (Phi) is 18.2. The highest BCUT2D eigenvalue weighted by molar-refractivity contribution is 5.55. The van der Waals surface area contributed by atoms with Crippen LogP contribution >= 0.6 is 0 Å². The van der Waals surface area contributed by atoms with E-state index >= 15 is 0 Å². The van der Waals surface area contributed by atoms with Crippen molar-refractivity contribution in [1.29, 1.82) is 0 Å². The second-order valence-electron chi connectivity index (χ2n) is 20.0. The summed E-state index contributed by atoms with van der Waals surface area (Å²) in [4.78, 5) is 0. The Morgan fingerprint density at radius 1 is 0.380 bits per heavy atom. The minimum absolute atomic E-state index is 0.197. The van der Waals surface area contributed by atoms with E-state index in [1.165, 1.54) is 22.3 Å². The van der Waals surface area contributed by atoms with Crippen LogP contribution in [0.15, 0.2) is 143 Å². The Bertz CT molecular complexity index is 2360. The lowest BCUT2D eigenvalue weighted by atomic mass is 9.75. The van der Waals surface area contributed by atoms with Crippen molar-refractivity contribution >= 4 is 0 Å². The first-order valence-electron chi connectivity index (χ1n) is 25.2. The van der Waals surface area contributed by atoms with E-state index in [-0.39, 0.29) is 35.2 Å². The number of hydrogen-bond donors (Lipinski definition) is 0. The smallest absolute Gasteiger partial charge is 0.126 e. The maximum atomic E-state index is 6.27. The van der Waals surface area contributed by atoms with Gasteiger partial charge in [0.2, 0.25) is 0 Å². The average molecular weight is 961 g/mol. The van der Waals surface area contributed by atoms with Gasteiger partial charge in [-0.1, -0.05) is 119 Å². The maximum absolute atomic E-state index is 6.27. The van der Waals surface area contributed by atoms with Gasteiger partial charge < -0.3 is 37.9 Å². The van der Waals surface area contributed by atoms with E-state index in [4.69, 9.17) is 37.9 Å². The largest absolute Gasteiger partial charge is 0.490 e. The van der Waals surface area contributed by atoms with Gasteiger partial charge in [0.1, 0.15) is 73.8 Å². The fourth-order valence-corrected chi connectivity index (χ4v) is 8.87. The van der Waals surface area contributed by atoms with Gasteiger partial charge in [-0.25, -0.2) is 0 Å². The van der Waals surface area contributed by atoms with Crippen molar-refractivity contribution in [3.05, 3.63) is 204 Å². The van der Waals surface area contributed by atoms with E-state index in [1.54, 1.807) is 0 Å². The molecule has 4 heterocycles. The summed E-state index contributed by atoms with van der Waals surface area (Å²) in [6.45, 7) is 42.4. The lowest BCUT2D eigenvalue weighted by Gasteiger charge is -2.30. The van der Waals surface area contributed by atoms with Crippen LogP contribution in [0.2, 0.25) is 0 Å². The first-order valence-corrected chi connectivity index (χ1v) is 25.2. The topological polar surface area (TPSA) is 87.0 Å². The summed E-state index contributed by atoms with van der Waals surface area (Å²) in [5.41, 5.74) is 12.4. The molecule has 4 unspecified atom stereocenters. The standard InChI is InChI=1S/C33H40O4.C30H36O4/c1-7-11-23-15-27(16-24(12-8-2)31(23)36-21-29-19-34-29)33(5,6)28-17-25(13-9-3)32(26(18-28)14-10-4)37-22-30-20-35-30;1-6-9-21-14-24(12-13-28(21)33-19-26-17-31-26)30(4,5)25-15-22(10-7-2)29(23(16-25)11-8-3)34-20-27-18-32-27/h7-10,15-18,29-30H,1-4,11-14,19-22H2,5-6H3;6-8,12-16,26-27H,1-3,9-11,17-20H2,4-5H3. The van der Waals surface area contributed by atoms with Gasteiger partial charge >= 0.3 is 0 Å². The third kappa shape index (κ3) is 14.2. The van der Waals surface area contributed by atoms with E-state index in [9.17, 15) is 0 Å². The van der Waals surface area contributed by atoms with Crippen molar-refractivity contribution in [2.75, 3.05) is 52.9 Å². The predicted molar refractivity (Wildman–Crippen MR) is 288 cm³/mol. The third-order valence-corrected chi connectivity index (χ3v) is 13.5. The number of hydrogen-bond acceptors (Lipinski definition) is 8. The highest BCUT2D eigenvalue weighted by atomic mass is 16.6. The van der Waals surface area contributed by atoms with Gasteiger partial charge in [0.05, 0.1) is 26.4 Å². The second-order valence-corrected chi connectivity index (χ2v) is 20.0. The van der Waals surface area contributed by atoms with Crippen molar-refractivity contribution in [3.63, 3.8) is 0 Å². The molecule has 8 rings (SSSR count). The molecule has 4 atom stereocenters. The van der Waals surface area contributed by atoms with Crippen molar-refractivity contribution in [2.24, 2.45) is 0 Å². The van der Waals surface area contributed by atoms with Crippen LogP contribution < -0.4 is 18.9 Å². The van der Waals surface area contributed by atoms with Crippen LogP contribution in [0.1, 0.15) is 88.9 Å². The molecule has 0 saturated carbocycles. The summed E-state index contributed by atoms with van der Waals surface area (Å²) in [5.74, 6) is 3.70. The van der Waals surface area contributed by atoms with E-state index in [1.807, 2.05) is 42.5 Å². The number of epoxide rings is 4. The highest BCUT2D eigenvalue weighted by Crippen LogP contribution is 2.42. The van der Waals surface area contributed by atoms with E-state index in [0.717, 1.165) is 133 Å². The van der Waals surface area contributed by atoms with Crippen LogP contribution in [0.4, 0.5) is 0 Å². The number of benzene rings is 4. The molecule has 0 bridgehead atoms. The molecule has 0 spiro atoms. The van der Waals surface area contributed by atoms with Gasteiger partial charge in [0.25, 0.3) is 0 Å². The summed E-state index contributed by atoms with van der Waals surface area (Å²) >= 11 is 0. The minimum atomic E-state index is -0.270. The van der Waals surface area contributed by atoms with Crippen LogP contribution in [0.3, 0.4) is 0 Å². The molecule has 0 aromatic heterocycles. The van der Waals surface area contributed by atoms with Gasteiger partial charge in [0.15, 0.2) is 0 Å². The summed E-state index contributed by atoms with van der Waals surface area (Å²) in [5, 5.41) is 0. The van der Waals surface area contributed by atoms with Crippen LogP contribution in [0.5, 0.6) is 23.0 Å². The monoisotopic (exact) mass is 961 g/mol. The Balaban J connectivity index is 0.000000209. The molecule has 8 heteroatoms. The number of allylic oxidation sites excluding steroid dienone is 7. The molecule has 0 N–H and O–H groups in total. The van der Waals surface area contributed by atoms with E-state index in [2.05, 4.69) is 128 Å². The molecule has 71 heavy (non-hydrogen) atoms. The molecule has 4 aromatic carbocycles. The molecule has 4 aromatic rings. The molecule has 0 amide bonds. The molecule has 4 aliphatic heterocycles. The number of ether oxygens (including phenoxy) is 8. The van der Waals surface area contributed by atoms with E-state index in [0.29, 0.717) is 26.4 Å². The normalized spacial score (nSPS) is 18.4. The molecule has 4 fully saturated rings. The number of rotatable bonds is 30. The summed E-state index contributed by atoms with van der Waals surface area (Å²) < 4.78 is 46.2. The van der Waals surface area contributed by atoms with Crippen molar-refractivity contribution < 1.29 is 37.9 Å². The SMILES string of the molecule is C=CCc1cc(C(C)(C)c2cc(CC=C)c(OCC3CO3)c(CC=C)c2)cc(CC=C)c1OCC1CO1.C=CCc1cc(C(C)(C)c2cc(CC=C)c(OCC3CO3)c(CC=C)c2)ccc1OCC1CO1. The van der Waals surface area contributed by atoms with Gasteiger partial charge in [-0.2, -0.15) is 0 Å². The van der Waals surface area contributed by atoms with Crippen LogP contribution in [-0.2, 0) is 74.7 Å². The van der Waals surface area contributed by atoms with Gasteiger partial charge in [-0.3, -0.25) is 0 Å². The Morgan fingerprint density at radius 3 is 0.887 bits per heavy atom. The van der Waals surface area contributed by atoms with Crippen LogP contribution in [0, 0.1) is 0 Å². The third-order valence-electron chi connectivity index (χ3n) is 13.5. The predicted octanol–water partition coefficient (Wildman–Crippen LogP) is 12.2. The van der Waals surface area contributed by atoms with Crippen LogP contribution in [0.25, 0.3) is 0 Å². The molecule has 4 aliphatic rings. The average Bonchev–Trinajstić information content (AvgIpc) is 4.12. The van der Waals surface area contributed by atoms with Crippen molar-refractivity contribution in [3.8, 4) is 23.0 Å². The molecule has 0 radical (unpaired) electrons. The first kappa shape index (κ1) is 52.9. The zero-order chi connectivity index (χ0) is 50.5. The van der Waals surface area contributed by atoms with Gasteiger partial charge in [-0.15, -0.1) is 46.1 Å². The minimum Gasteiger partial charge on any atom is -0.490 e. The Hall–Kier alpha value is -5.90. The first-order chi connectivity index (χ1) is 34.4. The second kappa shape index (κ2) is 24.5. The van der Waals surface area contributed by atoms with Crippen molar-refractivity contribution in [1.82, 2.24) is 0 Å². The van der Waals surface area contributed by atoms with Gasteiger partial charge in [-0.05, 0) is 112 Å². The molecular weight excluding hydrogens is 885 g/mol. The fraction of sp³-hybridized carbons (Fsp3) is 0.397. The summed E-state index contributed by atoms with van der Waals surface area (Å²) in [6.07, 6.45) is 19.5. The zero-order valence-electron chi connectivity index (χ0n) is 42.9. The molecule has 4 saturated heterocycles. The van der Waals surface area contributed by atoms with Gasteiger partial charge in [0, 0.05) is 10.8 Å². The Morgan fingerprint density at radius 2 is 0.620 bits per heavy atom. The molecular formula is C63H76O8. The lowest BCUT2D eigenvalue weighted by Crippen LogP contribution is -2.21. The van der Waals surface area contributed by atoms with Crippen molar-refractivity contribution in [2.45, 2.75) is 108 Å². The van der Waals surface area contributed by atoms with E-state index < -0.39 is 0 Å².